The zero-order valence-corrected chi connectivity index (χ0v) is 8.44. The third kappa shape index (κ3) is 3.05. The van der Waals surface area contributed by atoms with Crippen molar-refractivity contribution in [3.8, 4) is 0 Å². The quantitative estimate of drug-likeness (QED) is 0.514. The molecule has 0 aromatic heterocycles. The van der Waals surface area contributed by atoms with Gasteiger partial charge in [0.1, 0.15) is 6.61 Å². The molecule has 0 saturated heterocycles. The van der Waals surface area contributed by atoms with Crippen molar-refractivity contribution in [3.05, 3.63) is 42.0 Å². The molecule has 0 N–H and O–H groups in total. The van der Waals surface area contributed by atoms with Gasteiger partial charge in [-0.15, -0.1) is 0 Å². The van der Waals surface area contributed by atoms with Crippen LogP contribution in [0.3, 0.4) is 0 Å². The van der Waals surface area contributed by atoms with E-state index < -0.39 is 0 Å². The highest BCUT2D eigenvalue weighted by Gasteiger charge is 1.96. The van der Waals surface area contributed by atoms with Crippen LogP contribution in [-0.2, 0) is 11.4 Å². The second-order valence-electron chi connectivity index (χ2n) is 2.87. The Kier molecular flexibility index (Phi) is 4.48. The maximum atomic E-state index is 5.12. The molecule has 1 aromatic carbocycles. The molecule has 0 fully saturated rings. The van der Waals surface area contributed by atoms with Gasteiger partial charge in [0, 0.05) is 6.21 Å². The minimum atomic E-state index is 0.499. The van der Waals surface area contributed by atoms with Crippen molar-refractivity contribution in [3.63, 3.8) is 0 Å². The van der Waals surface area contributed by atoms with Gasteiger partial charge >= 0.3 is 0 Å². The summed E-state index contributed by atoms with van der Waals surface area (Å²) < 4.78 is 0. The highest BCUT2D eigenvalue weighted by Crippen LogP contribution is 2.10. The summed E-state index contributed by atoms with van der Waals surface area (Å²) in [6, 6.07) is 7.98. The summed E-state index contributed by atoms with van der Waals surface area (Å²) in [6.45, 7) is 6.26. The van der Waals surface area contributed by atoms with Crippen LogP contribution < -0.4 is 0 Å². The zero-order valence-electron chi connectivity index (χ0n) is 8.44. The maximum Gasteiger partial charge on any atom is 0.142 e. The molecule has 0 heterocycles. The second kappa shape index (κ2) is 5.97. The molecule has 0 atom stereocenters. The van der Waals surface area contributed by atoms with Crippen LogP contribution in [0.4, 0.5) is 0 Å². The fraction of sp³-hybridized carbons (Fsp3) is 0.250. The van der Waals surface area contributed by atoms with Gasteiger partial charge in [-0.3, -0.25) is 0 Å². The van der Waals surface area contributed by atoms with Gasteiger partial charge < -0.3 is 4.84 Å². The number of oxime groups is 1. The van der Waals surface area contributed by atoms with E-state index in [0.29, 0.717) is 6.61 Å². The smallest absolute Gasteiger partial charge is 0.142 e. The number of nitrogens with zero attached hydrogens (tertiary/aromatic N) is 1. The molecule has 74 valence electrons. The summed E-state index contributed by atoms with van der Waals surface area (Å²) >= 11 is 0. The Morgan fingerprint density at radius 2 is 2.21 bits per heavy atom. The van der Waals surface area contributed by atoms with E-state index >= 15 is 0 Å². The maximum absolute atomic E-state index is 5.12. The first-order chi connectivity index (χ1) is 6.88. The molecule has 0 spiro atoms. The average molecular weight is 189 g/mol. The molecule has 0 aliphatic heterocycles. The summed E-state index contributed by atoms with van der Waals surface area (Å²) in [4.78, 5) is 5.12. The van der Waals surface area contributed by atoms with Crippen molar-refractivity contribution in [1.29, 1.82) is 0 Å². The van der Waals surface area contributed by atoms with Crippen LogP contribution in [-0.4, -0.2) is 6.21 Å². The first-order valence-electron chi connectivity index (χ1n) is 4.72. The molecule has 0 amide bonds. The first-order valence-corrected chi connectivity index (χ1v) is 4.72. The first kappa shape index (κ1) is 10.5. The van der Waals surface area contributed by atoms with Crippen molar-refractivity contribution in [2.45, 2.75) is 20.0 Å². The standard InChI is InChI=1S/C12H15NO/c1-3-9-13-14-10-12-8-6-5-7-11(12)4-2/h4-9H,2-3,10H2,1H3. The molecule has 0 radical (unpaired) electrons. The molecule has 2 nitrogen and oxygen atoms in total. The van der Waals surface area contributed by atoms with E-state index in [1.54, 1.807) is 6.21 Å². The van der Waals surface area contributed by atoms with E-state index in [9.17, 15) is 0 Å². The second-order valence-corrected chi connectivity index (χ2v) is 2.87. The monoisotopic (exact) mass is 189 g/mol. The van der Waals surface area contributed by atoms with Crippen LogP contribution in [0.2, 0.25) is 0 Å². The van der Waals surface area contributed by atoms with Crippen molar-refractivity contribution in [2.75, 3.05) is 0 Å². The summed E-state index contributed by atoms with van der Waals surface area (Å²) in [5, 5.41) is 3.80. The van der Waals surface area contributed by atoms with E-state index in [0.717, 1.165) is 17.5 Å². The lowest BCUT2D eigenvalue weighted by Gasteiger charge is -2.03. The number of rotatable bonds is 5. The Hall–Kier alpha value is -1.57. The highest BCUT2D eigenvalue weighted by atomic mass is 16.6. The van der Waals surface area contributed by atoms with Gasteiger partial charge in [-0.2, -0.15) is 0 Å². The SMILES string of the molecule is C=Cc1ccccc1CON=CCC. The Morgan fingerprint density at radius 1 is 1.43 bits per heavy atom. The molecular formula is C12H15NO. The lowest BCUT2D eigenvalue weighted by Crippen LogP contribution is -1.90. The van der Waals surface area contributed by atoms with Gasteiger partial charge in [0.25, 0.3) is 0 Å². The molecule has 1 rings (SSSR count). The van der Waals surface area contributed by atoms with E-state index in [1.165, 1.54) is 0 Å². The van der Waals surface area contributed by atoms with Gasteiger partial charge in [-0.05, 0) is 17.5 Å². The Labute approximate surface area is 84.9 Å². The zero-order chi connectivity index (χ0) is 10.2. The fourth-order valence-corrected chi connectivity index (χ4v) is 1.10. The van der Waals surface area contributed by atoms with Crippen LogP contribution in [0.25, 0.3) is 6.08 Å². The third-order valence-electron chi connectivity index (χ3n) is 1.83. The molecule has 2 heteroatoms. The summed E-state index contributed by atoms with van der Waals surface area (Å²) in [5.41, 5.74) is 2.20. The number of hydrogen-bond donors (Lipinski definition) is 0. The Balaban J connectivity index is 2.57. The van der Waals surface area contributed by atoms with Gasteiger partial charge in [0.2, 0.25) is 0 Å². The van der Waals surface area contributed by atoms with Gasteiger partial charge in [-0.25, -0.2) is 0 Å². The van der Waals surface area contributed by atoms with Gasteiger partial charge in [0.05, 0.1) is 0 Å². The normalized spacial score (nSPS) is 10.4. The molecule has 0 aliphatic carbocycles. The van der Waals surface area contributed by atoms with Gasteiger partial charge in [-0.1, -0.05) is 49.0 Å². The van der Waals surface area contributed by atoms with Crippen LogP contribution in [0.15, 0.2) is 36.0 Å². The van der Waals surface area contributed by atoms with E-state index in [-0.39, 0.29) is 0 Å². The lowest BCUT2D eigenvalue weighted by molar-refractivity contribution is 0.131. The van der Waals surface area contributed by atoms with Crippen LogP contribution in [0.1, 0.15) is 24.5 Å². The summed E-state index contributed by atoms with van der Waals surface area (Å²) in [7, 11) is 0. The Bertz CT molecular complexity index is 318. The predicted octanol–water partition coefficient (Wildman–Crippen LogP) is 3.24. The van der Waals surface area contributed by atoms with Crippen LogP contribution >= 0.6 is 0 Å². The minimum absolute atomic E-state index is 0.499. The molecular weight excluding hydrogens is 174 g/mol. The third-order valence-corrected chi connectivity index (χ3v) is 1.83. The van der Waals surface area contributed by atoms with E-state index in [2.05, 4.69) is 11.7 Å². The summed E-state index contributed by atoms with van der Waals surface area (Å²) in [5.74, 6) is 0. The van der Waals surface area contributed by atoms with Gasteiger partial charge in [0.15, 0.2) is 0 Å². The molecule has 0 bridgehead atoms. The number of hydrogen-bond acceptors (Lipinski definition) is 2. The number of benzene rings is 1. The van der Waals surface area contributed by atoms with E-state index in [1.807, 2.05) is 37.3 Å². The van der Waals surface area contributed by atoms with Crippen molar-refractivity contribution < 1.29 is 4.84 Å². The lowest BCUT2D eigenvalue weighted by atomic mass is 10.1. The molecule has 0 saturated carbocycles. The van der Waals surface area contributed by atoms with Crippen molar-refractivity contribution in [1.82, 2.24) is 0 Å². The van der Waals surface area contributed by atoms with Crippen LogP contribution in [0, 0.1) is 0 Å². The highest BCUT2D eigenvalue weighted by molar-refractivity contribution is 5.55. The average Bonchev–Trinajstić information content (AvgIpc) is 2.25. The fourth-order valence-electron chi connectivity index (χ4n) is 1.10. The molecule has 0 aliphatic rings. The predicted molar refractivity (Wildman–Crippen MR) is 60.1 cm³/mol. The topological polar surface area (TPSA) is 21.6 Å². The van der Waals surface area contributed by atoms with E-state index in [4.69, 9.17) is 4.84 Å². The Morgan fingerprint density at radius 3 is 2.93 bits per heavy atom. The molecule has 14 heavy (non-hydrogen) atoms. The molecule has 1 aromatic rings. The van der Waals surface area contributed by atoms with Crippen molar-refractivity contribution in [2.24, 2.45) is 5.16 Å². The summed E-state index contributed by atoms with van der Waals surface area (Å²) in [6.07, 6.45) is 4.46. The van der Waals surface area contributed by atoms with Crippen LogP contribution in [0.5, 0.6) is 0 Å². The van der Waals surface area contributed by atoms with Crippen molar-refractivity contribution >= 4 is 12.3 Å². The molecule has 0 unspecified atom stereocenters. The minimum Gasteiger partial charge on any atom is -0.391 e. The largest absolute Gasteiger partial charge is 0.391 e.